The summed E-state index contributed by atoms with van der Waals surface area (Å²) in [7, 11) is 0. The van der Waals surface area contributed by atoms with Crippen molar-refractivity contribution in [2.24, 2.45) is 0 Å². The molecule has 0 aliphatic rings. The Morgan fingerprint density at radius 2 is 1.41 bits per heavy atom. The summed E-state index contributed by atoms with van der Waals surface area (Å²) in [6, 6.07) is 24.1. The Kier molecular flexibility index (Phi) is 4.06. The number of phenolic OH excluding ortho intramolecular Hbond substituents is 1. The van der Waals surface area contributed by atoms with Crippen LogP contribution >= 0.6 is 0 Å². The minimum absolute atomic E-state index is 0.323. The smallest absolute Gasteiger partial charge is 0.130 e. The Hall–Kier alpha value is -2.80. The van der Waals surface area contributed by atoms with Gasteiger partial charge in [-0.1, -0.05) is 72.8 Å². The predicted molar refractivity (Wildman–Crippen MR) is 93.6 cm³/mol. The molecule has 0 saturated heterocycles. The highest BCUT2D eigenvalue weighted by Crippen LogP contribution is 2.34. The van der Waals surface area contributed by atoms with Crippen molar-refractivity contribution in [1.82, 2.24) is 0 Å². The number of aryl methyl sites for hydroxylation is 1. The molecule has 3 aromatic rings. The second kappa shape index (κ2) is 6.31. The number of phenols is 1. The van der Waals surface area contributed by atoms with Crippen molar-refractivity contribution in [3.63, 3.8) is 0 Å². The average Bonchev–Trinajstić information content (AvgIpc) is 2.57. The van der Waals surface area contributed by atoms with E-state index in [4.69, 9.17) is 0 Å². The monoisotopic (exact) mass is 286 g/mol. The predicted octanol–water partition coefficient (Wildman–Crippen LogP) is 5.54. The molecule has 1 N–H and O–H groups in total. The topological polar surface area (TPSA) is 20.2 Å². The number of hydrogen-bond donors (Lipinski definition) is 1. The Morgan fingerprint density at radius 1 is 0.773 bits per heavy atom. The molecule has 0 saturated carbocycles. The lowest BCUT2D eigenvalue weighted by atomic mass is 9.98. The zero-order chi connectivity index (χ0) is 15.4. The van der Waals surface area contributed by atoms with Gasteiger partial charge in [0, 0.05) is 11.1 Å². The lowest BCUT2D eigenvalue weighted by Gasteiger charge is -2.09. The summed E-state index contributed by atoms with van der Waals surface area (Å²) in [6.45, 7) is 2.05. The van der Waals surface area contributed by atoms with Gasteiger partial charge in [0.2, 0.25) is 0 Å². The van der Waals surface area contributed by atoms with Crippen LogP contribution in [0.5, 0.6) is 5.75 Å². The van der Waals surface area contributed by atoms with Crippen molar-refractivity contribution in [3.05, 3.63) is 89.5 Å². The normalized spacial score (nSPS) is 11.0. The summed E-state index contributed by atoms with van der Waals surface area (Å²) in [4.78, 5) is 0. The van der Waals surface area contributed by atoms with E-state index in [0.29, 0.717) is 5.75 Å². The summed E-state index contributed by atoms with van der Waals surface area (Å²) in [5.74, 6) is 0.323. The second-order valence-electron chi connectivity index (χ2n) is 5.36. The minimum atomic E-state index is 0.323. The van der Waals surface area contributed by atoms with Crippen LogP contribution in [-0.2, 0) is 0 Å². The van der Waals surface area contributed by atoms with Crippen LogP contribution in [0.25, 0.3) is 23.3 Å². The van der Waals surface area contributed by atoms with Gasteiger partial charge in [-0.2, -0.15) is 0 Å². The first kappa shape index (κ1) is 14.2. The van der Waals surface area contributed by atoms with Gasteiger partial charge in [-0.15, -0.1) is 0 Å². The molecule has 0 aliphatic carbocycles. The van der Waals surface area contributed by atoms with Crippen LogP contribution in [-0.4, -0.2) is 5.11 Å². The summed E-state index contributed by atoms with van der Waals surface area (Å²) < 4.78 is 0. The molecule has 108 valence electrons. The largest absolute Gasteiger partial charge is 0.507 e. The summed E-state index contributed by atoms with van der Waals surface area (Å²) in [6.07, 6.45) is 3.98. The molecular formula is C21H18O. The molecule has 0 atom stereocenters. The van der Waals surface area contributed by atoms with Crippen LogP contribution in [0.1, 0.15) is 16.7 Å². The third-order valence-corrected chi connectivity index (χ3v) is 3.62. The van der Waals surface area contributed by atoms with Gasteiger partial charge in [-0.3, -0.25) is 0 Å². The van der Waals surface area contributed by atoms with E-state index in [1.807, 2.05) is 91.9 Å². The molecule has 3 rings (SSSR count). The fraction of sp³-hybridized carbons (Fsp3) is 0.0476. The maximum Gasteiger partial charge on any atom is 0.130 e. The van der Waals surface area contributed by atoms with E-state index in [1.165, 1.54) is 0 Å². The molecule has 0 aliphatic heterocycles. The highest BCUT2D eigenvalue weighted by Gasteiger charge is 2.08. The standard InChI is InChI=1S/C21H18O/c1-16-14-19(13-12-17-8-4-2-5-9-17)21(22)20(15-16)18-10-6-3-7-11-18/h2-15,22H,1H3. The van der Waals surface area contributed by atoms with Crippen molar-refractivity contribution in [1.29, 1.82) is 0 Å². The van der Waals surface area contributed by atoms with Gasteiger partial charge in [-0.25, -0.2) is 0 Å². The van der Waals surface area contributed by atoms with Gasteiger partial charge >= 0.3 is 0 Å². The van der Waals surface area contributed by atoms with E-state index in [9.17, 15) is 5.11 Å². The van der Waals surface area contributed by atoms with Gasteiger partial charge in [0.15, 0.2) is 0 Å². The molecule has 1 heteroatoms. The fourth-order valence-corrected chi connectivity index (χ4v) is 2.52. The number of hydrogen-bond acceptors (Lipinski definition) is 1. The van der Waals surface area contributed by atoms with E-state index in [1.54, 1.807) is 0 Å². The molecule has 0 heterocycles. The molecule has 0 amide bonds. The molecule has 1 nitrogen and oxygen atoms in total. The zero-order valence-corrected chi connectivity index (χ0v) is 12.5. The van der Waals surface area contributed by atoms with Crippen molar-refractivity contribution >= 4 is 12.2 Å². The van der Waals surface area contributed by atoms with E-state index >= 15 is 0 Å². The van der Waals surface area contributed by atoms with Crippen LogP contribution in [0.3, 0.4) is 0 Å². The Balaban J connectivity index is 2.02. The third kappa shape index (κ3) is 3.09. The van der Waals surface area contributed by atoms with Crippen LogP contribution in [0.4, 0.5) is 0 Å². The van der Waals surface area contributed by atoms with Crippen LogP contribution in [0.2, 0.25) is 0 Å². The van der Waals surface area contributed by atoms with Crippen molar-refractivity contribution < 1.29 is 5.11 Å². The molecular weight excluding hydrogens is 268 g/mol. The first-order valence-corrected chi connectivity index (χ1v) is 7.36. The highest BCUT2D eigenvalue weighted by molar-refractivity contribution is 5.80. The Labute approximate surface area is 131 Å². The van der Waals surface area contributed by atoms with Gasteiger partial charge in [0.1, 0.15) is 5.75 Å². The van der Waals surface area contributed by atoms with Crippen LogP contribution in [0.15, 0.2) is 72.8 Å². The highest BCUT2D eigenvalue weighted by atomic mass is 16.3. The van der Waals surface area contributed by atoms with E-state index in [0.717, 1.165) is 27.8 Å². The molecule has 0 fully saturated rings. The second-order valence-corrected chi connectivity index (χ2v) is 5.36. The molecule has 0 unspecified atom stereocenters. The lowest BCUT2D eigenvalue weighted by molar-refractivity contribution is 0.476. The molecule has 0 radical (unpaired) electrons. The molecule has 22 heavy (non-hydrogen) atoms. The average molecular weight is 286 g/mol. The molecule has 0 bridgehead atoms. The van der Waals surface area contributed by atoms with Gasteiger partial charge in [-0.05, 0) is 35.7 Å². The summed E-state index contributed by atoms with van der Waals surface area (Å²) in [5.41, 5.74) is 4.98. The van der Waals surface area contributed by atoms with Gasteiger partial charge in [0.05, 0.1) is 0 Å². The number of rotatable bonds is 3. The molecule has 0 aromatic heterocycles. The van der Waals surface area contributed by atoms with Crippen molar-refractivity contribution in [2.45, 2.75) is 6.92 Å². The summed E-state index contributed by atoms with van der Waals surface area (Å²) >= 11 is 0. The molecule has 3 aromatic carbocycles. The fourth-order valence-electron chi connectivity index (χ4n) is 2.52. The maximum atomic E-state index is 10.6. The van der Waals surface area contributed by atoms with Crippen LogP contribution in [0, 0.1) is 6.92 Å². The van der Waals surface area contributed by atoms with E-state index in [2.05, 4.69) is 0 Å². The lowest BCUT2D eigenvalue weighted by Crippen LogP contribution is -1.85. The maximum absolute atomic E-state index is 10.6. The van der Waals surface area contributed by atoms with Crippen molar-refractivity contribution in [3.8, 4) is 16.9 Å². The summed E-state index contributed by atoms with van der Waals surface area (Å²) in [5, 5.41) is 10.6. The van der Waals surface area contributed by atoms with E-state index in [-0.39, 0.29) is 0 Å². The van der Waals surface area contributed by atoms with Gasteiger partial charge in [0.25, 0.3) is 0 Å². The minimum Gasteiger partial charge on any atom is -0.507 e. The number of aromatic hydroxyl groups is 1. The first-order valence-electron chi connectivity index (χ1n) is 7.36. The first-order chi connectivity index (χ1) is 10.7. The SMILES string of the molecule is Cc1cc(C=Cc2ccccc2)c(O)c(-c2ccccc2)c1. The zero-order valence-electron chi connectivity index (χ0n) is 12.5. The Morgan fingerprint density at radius 3 is 2.09 bits per heavy atom. The quantitative estimate of drug-likeness (QED) is 0.627. The van der Waals surface area contributed by atoms with Gasteiger partial charge < -0.3 is 5.11 Å². The Bertz CT molecular complexity index is 787. The van der Waals surface area contributed by atoms with Crippen LogP contribution < -0.4 is 0 Å². The number of benzene rings is 3. The van der Waals surface area contributed by atoms with E-state index < -0.39 is 0 Å². The van der Waals surface area contributed by atoms with Crippen molar-refractivity contribution in [2.75, 3.05) is 0 Å². The third-order valence-electron chi connectivity index (χ3n) is 3.62. The molecule has 0 spiro atoms.